The Morgan fingerprint density at radius 3 is 2.76 bits per heavy atom. The van der Waals surface area contributed by atoms with Gasteiger partial charge in [-0.05, 0) is 38.8 Å². The van der Waals surface area contributed by atoms with E-state index >= 15 is 0 Å². The maximum atomic E-state index is 12.9. The summed E-state index contributed by atoms with van der Waals surface area (Å²) in [7, 11) is 0. The zero-order valence-electron chi connectivity index (χ0n) is 16.7. The summed E-state index contributed by atoms with van der Waals surface area (Å²) in [5.41, 5.74) is 2.56. The molecule has 0 spiro atoms. The lowest BCUT2D eigenvalue weighted by Crippen LogP contribution is -2.45. The molecule has 0 saturated carbocycles. The maximum Gasteiger partial charge on any atom is 0.325 e. The number of fused-ring (bicyclic) bond motifs is 1. The van der Waals surface area contributed by atoms with Gasteiger partial charge in [0, 0.05) is 30.4 Å². The Bertz CT molecular complexity index is 969. The largest absolute Gasteiger partial charge is 0.325 e. The number of nitrogens with zero attached hydrogens (tertiary/aromatic N) is 5. The molecular formula is C20H24N6O3. The van der Waals surface area contributed by atoms with Crippen LogP contribution in [0.1, 0.15) is 38.1 Å². The van der Waals surface area contributed by atoms with Crippen LogP contribution in [0.25, 0.3) is 0 Å². The van der Waals surface area contributed by atoms with E-state index in [9.17, 15) is 14.4 Å². The van der Waals surface area contributed by atoms with Gasteiger partial charge in [0.25, 0.3) is 5.91 Å². The van der Waals surface area contributed by atoms with Gasteiger partial charge in [-0.15, -0.1) is 5.10 Å². The lowest BCUT2D eigenvalue weighted by Gasteiger charge is -2.24. The van der Waals surface area contributed by atoms with Crippen molar-refractivity contribution >= 4 is 23.5 Å². The number of benzene rings is 1. The molecule has 152 valence electrons. The second-order valence-electron chi connectivity index (χ2n) is 7.86. The minimum absolute atomic E-state index is 0.0115. The van der Waals surface area contributed by atoms with E-state index in [1.807, 2.05) is 45.0 Å². The molecule has 2 unspecified atom stereocenters. The Kier molecular flexibility index (Phi) is 4.81. The van der Waals surface area contributed by atoms with Crippen molar-refractivity contribution in [2.75, 3.05) is 11.4 Å². The fraction of sp³-hybridized carbons (Fsp3) is 0.450. The van der Waals surface area contributed by atoms with Crippen molar-refractivity contribution in [3.63, 3.8) is 0 Å². The van der Waals surface area contributed by atoms with Crippen LogP contribution >= 0.6 is 0 Å². The highest BCUT2D eigenvalue weighted by Gasteiger charge is 2.41. The predicted octanol–water partition coefficient (Wildman–Crippen LogP) is 1.30. The SMILES string of the molecule is CC1Cc2ccccc2N1C(=O)CN1C(=O)NC(Cc2cn(C(C)C)nn2)C1=O. The average molecular weight is 396 g/mol. The van der Waals surface area contributed by atoms with Crippen LogP contribution in [-0.2, 0) is 22.4 Å². The number of nitrogens with one attached hydrogen (secondary N) is 1. The molecule has 1 saturated heterocycles. The lowest BCUT2D eigenvalue weighted by molar-refractivity contribution is -0.131. The molecule has 2 aliphatic heterocycles. The predicted molar refractivity (Wildman–Crippen MR) is 105 cm³/mol. The van der Waals surface area contributed by atoms with E-state index in [0.29, 0.717) is 5.69 Å². The molecule has 2 atom stereocenters. The maximum absolute atomic E-state index is 12.9. The third-order valence-electron chi connectivity index (χ3n) is 5.38. The van der Waals surface area contributed by atoms with Crippen LogP contribution in [0.3, 0.4) is 0 Å². The Labute approximate surface area is 168 Å². The second-order valence-corrected chi connectivity index (χ2v) is 7.86. The molecule has 0 aliphatic carbocycles. The van der Waals surface area contributed by atoms with Crippen LogP contribution in [0, 0.1) is 0 Å². The highest BCUT2D eigenvalue weighted by atomic mass is 16.2. The van der Waals surface area contributed by atoms with Gasteiger partial charge < -0.3 is 10.2 Å². The van der Waals surface area contributed by atoms with Crippen molar-refractivity contribution in [2.24, 2.45) is 0 Å². The number of carbonyl (C=O) groups excluding carboxylic acids is 3. The monoisotopic (exact) mass is 396 g/mol. The van der Waals surface area contributed by atoms with Gasteiger partial charge in [0.2, 0.25) is 5.91 Å². The smallest absolute Gasteiger partial charge is 0.325 e. The van der Waals surface area contributed by atoms with Crippen LogP contribution in [0.15, 0.2) is 30.5 Å². The molecule has 1 fully saturated rings. The number of hydrogen-bond donors (Lipinski definition) is 1. The minimum Gasteiger partial charge on any atom is -0.325 e. The summed E-state index contributed by atoms with van der Waals surface area (Å²) in [6.45, 7) is 5.64. The highest BCUT2D eigenvalue weighted by Crippen LogP contribution is 2.32. The molecule has 1 N–H and O–H groups in total. The normalized spacial score (nSPS) is 21.1. The van der Waals surface area contributed by atoms with Gasteiger partial charge in [0.05, 0.1) is 5.69 Å². The topological polar surface area (TPSA) is 100 Å². The number of imide groups is 1. The van der Waals surface area contributed by atoms with Crippen LogP contribution in [0.4, 0.5) is 10.5 Å². The number of para-hydroxylation sites is 1. The van der Waals surface area contributed by atoms with Crippen LogP contribution in [0.5, 0.6) is 0 Å². The molecule has 4 amide bonds. The summed E-state index contributed by atoms with van der Waals surface area (Å²) in [5.74, 6) is -0.681. The highest BCUT2D eigenvalue weighted by molar-refractivity contribution is 6.08. The Balaban J connectivity index is 1.44. The molecule has 0 bridgehead atoms. The molecule has 9 nitrogen and oxygen atoms in total. The molecule has 2 aromatic rings. The molecule has 3 heterocycles. The van der Waals surface area contributed by atoms with Crippen molar-refractivity contribution in [2.45, 2.75) is 51.7 Å². The zero-order valence-corrected chi connectivity index (χ0v) is 16.7. The number of anilines is 1. The number of aromatic nitrogens is 3. The van der Waals surface area contributed by atoms with Gasteiger partial charge in [-0.2, -0.15) is 0 Å². The summed E-state index contributed by atoms with van der Waals surface area (Å²) in [5, 5.41) is 10.7. The van der Waals surface area contributed by atoms with Crippen molar-refractivity contribution in [1.29, 1.82) is 0 Å². The summed E-state index contributed by atoms with van der Waals surface area (Å²) < 4.78 is 1.70. The summed E-state index contributed by atoms with van der Waals surface area (Å²) in [4.78, 5) is 40.7. The number of urea groups is 1. The van der Waals surface area contributed by atoms with Gasteiger partial charge in [-0.3, -0.25) is 14.5 Å². The molecule has 1 aromatic carbocycles. The first kappa shape index (κ1) is 19.1. The van der Waals surface area contributed by atoms with Crippen LogP contribution < -0.4 is 10.2 Å². The van der Waals surface area contributed by atoms with Gasteiger partial charge in [-0.1, -0.05) is 23.4 Å². The van der Waals surface area contributed by atoms with Crippen molar-refractivity contribution in [3.05, 3.63) is 41.7 Å². The van der Waals surface area contributed by atoms with E-state index in [1.165, 1.54) is 0 Å². The van der Waals surface area contributed by atoms with Crippen molar-refractivity contribution in [3.8, 4) is 0 Å². The Morgan fingerprint density at radius 1 is 1.28 bits per heavy atom. The van der Waals surface area contributed by atoms with Crippen molar-refractivity contribution in [1.82, 2.24) is 25.2 Å². The summed E-state index contributed by atoms with van der Waals surface area (Å²) >= 11 is 0. The molecule has 2 aliphatic rings. The van der Waals surface area contributed by atoms with E-state index in [0.717, 1.165) is 22.6 Å². The fourth-order valence-electron chi connectivity index (χ4n) is 3.89. The van der Waals surface area contributed by atoms with E-state index in [2.05, 4.69) is 15.6 Å². The third-order valence-corrected chi connectivity index (χ3v) is 5.38. The first-order valence-electron chi connectivity index (χ1n) is 9.77. The first-order chi connectivity index (χ1) is 13.8. The zero-order chi connectivity index (χ0) is 20.7. The third kappa shape index (κ3) is 3.48. The lowest BCUT2D eigenvalue weighted by atomic mass is 10.1. The number of amides is 4. The van der Waals surface area contributed by atoms with E-state index < -0.39 is 18.0 Å². The molecule has 0 radical (unpaired) electrons. The average Bonchev–Trinajstić information content (AvgIpc) is 3.34. The van der Waals surface area contributed by atoms with Crippen LogP contribution in [0.2, 0.25) is 0 Å². The molecule has 1 aromatic heterocycles. The van der Waals surface area contributed by atoms with E-state index in [1.54, 1.807) is 15.8 Å². The van der Waals surface area contributed by atoms with Crippen LogP contribution in [-0.4, -0.2) is 56.4 Å². The summed E-state index contributed by atoms with van der Waals surface area (Å²) in [6, 6.07) is 6.56. The fourth-order valence-corrected chi connectivity index (χ4v) is 3.89. The number of hydrogen-bond acceptors (Lipinski definition) is 5. The Hall–Kier alpha value is -3.23. The van der Waals surface area contributed by atoms with Gasteiger partial charge in [-0.25, -0.2) is 9.48 Å². The number of rotatable bonds is 5. The van der Waals surface area contributed by atoms with Gasteiger partial charge >= 0.3 is 6.03 Å². The van der Waals surface area contributed by atoms with Crippen molar-refractivity contribution < 1.29 is 14.4 Å². The first-order valence-corrected chi connectivity index (χ1v) is 9.77. The quantitative estimate of drug-likeness (QED) is 0.768. The molecule has 29 heavy (non-hydrogen) atoms. The minimum atomic E-state index is -0.740. The molecule has 9 heteroatoms. The van der Waals surface area contributed by atoms with Gasteiger partial charge in [0.15, 0.2) is 0 Å². The Morgan fingerprint density at radius 2 is 2.03 bits per heavy atom. The standard InChI is InChI=1S/C20H24N6O3/c1-12(2)25-10-15(22-23-25)9-16-19(28)24(20(29)21-16)11-18(27)26-13(3)8-14-6-4-5-7-17(14)26/h4-7,10,12-13,16H,8-9,11H2,1-3H3,(H,21,29). The number of carbonyl (C=O) groups is 3. The van der Waals surface area contributed by atoms with Gasteiger partial charge in [0.1, 0.15) is 12.6 Å². The van der Waals surface area contributed by atoms with E-state index in [4.69, 9.17) is 0 Å². The molecule has 4 rings (SSSR count). The van der Waals surface area contributed by atoms with E-state index in [-0.39, 0.29) is 31.0 Å². The second kappa shape index (κ2) is 7.31. The molecular weight excluding hydrogens is 372 g/mol. The summed E-state index contributed by atoms with van der Waals surface area (Å²) in [6.07, 6.45) is 2.77.